The average molecular weight is 486 g/mol. The van der Waals surface area contributed by atoms with Gasteiger partial charge in [0.05, 0.1) is 0 Å². The van der Waals surface area contributed by atoms with Crippen LogP contribution < -0.4 is 0 Å². The van der Waals surface area contributed by atoms with Gasteiger partial charge < -0.3 is 5.11 Å². The maximum atomic E-state index is 9.99. The van der Waals surface area contributed by atoms with Crippen molar-refractivity contribution in [2.45, 2.75) is 26.9 Å². The first-order valence-electron chi connectivity index (χ1n) is 10.1. The summed E-state index contributed by atoms with van der Waals surface area (Å²) >= 11 is -0.556. The Morgan fingerprint density at radius 3 is 1.71 bits per heavy atom. The fourth-order valence-electron chi connectivity index (χ4n) is 3.61. The molecule has 0 amide bonds. The predicted molar refractivity (Wildman–Crippen MR) is 129 cm³/mol. The van der Waals surface area contributed by atoms with Crippen molar-refractivity contribution in [2.75, 3.05) is 0 Å². The number of halogens is 2. The van der Waals surface area contributed by atoms with Gasteiger partial charge in [-0.05, 0) is 30.9 Å². The molecule has 0 fully saturated rings. The number of hydrogen-bond donors (Lipinski definition) is 1. The molecular formula is C27H27Cl2OTi-. The molecule has 160 valence electrons. The zero-order valence-electron chi connectivity index (χ0n) is 18.0. The molecule has 1 N–H and O–H groups in total. The van der Waals surface area contributed by atoms with Crippen molar-refractivity contribution in [1.82, 2.24) is 0 Å². The molecule has 4 heteroatoms. The summed E-state index contributed by atoms with van der Waals surface area (Å²) in [6.07, 6.45) is 1.81. The Morgan fingerprint density at radius 1 is 0.839 bits per heavy atom. The first-order chi connectivity index (χ1) is 15.0. The molecule has 0 aromatic heterocycles. The molecule has 31 heavy (non-hydrogen) atoms. The standard InChI is InChI=1S/C14H15.C13H12O.2ClH.Ti/c1-10-9-11(2)14(12(10)3)13-7-5-4-6-8-13;14-13(11-7-3-1-4-8-11)12-9-5-2-6-10-12;;;/h4-7,9,11H,1-3H3;1-10,13-14H;2*1H;/q-1;;;;+2/p-2. The number of aliphatic hydroxyl groups is 1. The SMILES string of the molecule is CC1=CC(C)C(c2[c-]cccc2)=C1C.OC(c1ccccc1)c1ccccc1.[Cl][Ti][Cl]. The summed E-state index contributed by atoms with van der Waals surface area (Å²) in [6.45, 7) is 6.63. The quantitative estimate of drug-likeness (QED) is 0.294. The van der Waals surface area contributed by atoms with E-state index in [1.807, 2.05) is 72.8 Å². The van der Waals surface area contributed by atoms with Crippen molar-refractivity contribution in [3.05, 3.63) is 125 Å². The van der Waals surface area contributed by atoms with Gasteiger partial charge >= 0.3 is 35.6 Å². The molecule has 1 nitrogen and oxygen atoms in total. The summed E-state index contributed by atoms with van der Waals surface area (Å²) in [5, 5.41) is 9.99. The van der Waals surface area contributed by atoms with Crippen molar-refractivity contribution in [3.63, 3.8) is 0 Å². The zero-order chi connectivity index (χ0) is 22.6. The Labute approximate surface area is 203 Å². The number of benzene rings is 3. The van der Waals surface area contributed by atoms with Crippen LogP contribution >= 0.6 is 18.6 Å². The van der Waals surface area contributed by atoms with Crippen LogP contribution in [0.15, 0.2) is 102 Å². The van der Waals surface area contributed by atoms with Gasteiger partial charge in [0, 0.05) is 0 Å². The van der Waals surface area contributed by atoms with E-state index in [1.54, 1.807) is 0 Å². The van der Waals surface area contributed by atoms with Gasteiger partial charge in [-0.25, -0.2) is 0 Å². The Kier molecular flexibility index (Phi) is 11.4. The van der Waals surface area contributed by atoms with Gasteiger partial charge in [0.15, 0.2) is 0 Å². The summed E-state index contributed by atoms with van der Waals surface area (Å²) in [5.74, 6) is 0.536. The molecule has 0 radical (unpaired) electrons. The van der Waals surface area contributed by atoms with Crippen LogP contribution in [0.2, 0.25) is 0 Å². The third-order valence-corrected chi connectivity index (χ3v) is 5.18. The third-order valence-electron chi connectivity index (χ3n) is 5.18. The van der Waals surface area contributed by atoms with Crippen molar-refractivity contribution in [1.29, 1.82) is 0 Å². The Morgan fingerprint density at radius 2 is 1.32 bits per heavy atom. The Bertz CT molecular complexity index is 930. The van der Waals surface area contributed by atoms with Crippen molar-refractivity contribution < 1.29 is 22.1 Å². The van der Waals surface area contributed by atoms with Crippen LogP contribution in [0.4, 0.5) is 0 Å². The van der Waals surface area contributed by atoms with Gasteiger partial charge in [-0.2, -0.15) is 0 Å². The van der Waals surface area contributed by atoms with E-state index in [9.17, 15) is 5.11 Å². The molecule has 0 saturated heterocycles. The minimum absolute atomic E-state index is 0.516. The van der Waals surface area contributed by atoms with Crippen LogP contribution in [0.25, 0.3) is 5.57 Å². The van der Waals surface area contributed by atoms with Crippen LogP contribution in [0, 0.1) is 12.0 Å². The molecule has 3 aromatic rings. The second kappa shape index (κ2) is 13.7. The van der Waals surface area contributed by atoms with E-state index in [1.165, 1.54) is 22.3 Å². The van der Waals surface area contributed by atoms with Crippen LogP contribution in [-0.2, 0) is 17.0 Å². The van der Waals surface area contributed by atoms with E-state index in [2.05, 4.69) is 45.0 Å². The number of hydrogen-bond acceptors (Lipinski definition) is 1. The van der Waals surface area contributed by atoms with Crippen LogP contribution in [-0.4, -0.2) is 5.11 Å². The van der Waals surface area contributed by atoms with E-state index in [0.717, 1.165) is 11.1 Å². The molecule has 0 heterocycles. The first kappa shape index (κ1) is 25.7. The van der Waals surface area contributed by atoms with Crippen molar-refractivity contribution in [2.24, 2.45) is 5.92 Å². The molecular weight excluding hydrogens is 459 g/mol. The Hall–Kier alpha value is -1.61. The molecule has 0 saturated carbocycles. The number of aliphatic hydroxyl groups excluding tert-OH is 1. The fourth-order valence-corrected chi connectivity index (χ4v) is 3.61. The van der Waals surface area contributed by atoms with E-state index in [-0.39, 0.29) is 0 Å². The summed E-state index contributed by atoms with van der Waals surface area (Å²) in [6, 6.07) is 30.8. The van der Waals surface area contributed by atoms with Gasteiger partial charge in [0.25, 0.3) is 0 Å². The van der Waals surface area contributed by atoms with E-state index >= 15 is 0 Å². The van der Waals surface area contributed by atoms with Gasteiger partial charge in [-0.3, -0.25) is 0 Å². The molecule has 1 atom stereocenters. The molecule has 1 unspecified atom stereocenters. The summed E-state index contributed by atoms with van der Waals surface area (Å²) < 4.78 is 0. The van der Waals surface area contributed by atoms with Gasteiger partial charge in [0.1, 0.15) is 6.10 Å². The number of rotatable bonds is 3. The van der Waals surface area contributed by atoms with Gasteiger partial charge in [0.2, 0.25) is 0 Å². The normalized spacial score (nSPS) is 14.8. The molecule has 1 aliphatic carbocycles. The van der Waals surface area contributed by atoms with E-state index in [0.29, 0.717) is 5.92 Å². The molecule has 0 spiro atoms. The van der Waals surface area contributed by atoms with Crippen LogP contribution in [0.5, 0.6) is 0 Å². The zero-order valence-corrected chi connectivity index (χ0v) is 21.1. The van der Waals surface area contributed by atoms with E-state index < -0.39 is 23.1 Å². The van der Waals surface area contributed by atoms with Crippen molar-refractivity contribution >= 4 is 24.2 Å². The predicted octanol–water partition coefficient (Wildman–Crippen LogP) is 8.00. The summed E-state index contributed by atoms with van der Waals surface area (Å²) in [4.78, 5) is 0. The van der Waals surface area contributed by atoms with Gasteiger partial charge in [-0.1, -0.05) is 84.8 Å². The van der Waals surface area contributed by atoms with Gasteiger partial charge in [-0.15, -0.1) is 41.5 Å². The molecule has 3 aromatic carbocycles. The molecule has 1 aliphatic rings. The minimum atomic E-state index is -0.556. The van der Waals surface area contributed by atoms with Crippen LogP contribution in [0.1, 0.15) is 43.6 Å². The van der Waals surface area contributed by atoms with Crippen molar-refractivity contribution in [3.8, 4) is 0 Å². The first-order valence-corrected chi connectivity index (χ1v) is 14.4. The third kappa shape index (κ3) is 7.79. The van der Waals surface area contributed by atoms with Crippen LogP contribution in [0.3, 0.4) is 0 Å². The monoisotopic (exact) mass is 485 g/mol. The maximum absolute atomic E-state index is 9.99. The average Bonchev–Trinajstić information content (AvgIpc) is 3.07. The molecule has 0 bridgehead atoms. The second-order valence-corrected chi connectivity index (χ2v) is 9.83. The fraction of sp³-hybridized carbons (Fsp3) is 0.185. The second-order valence-electron chi connectivity index (χ2n) is 7.25. The topological polar surface area (TPSA) is 20.2 Å². The summed E-state index contributed by atoms with van der Waals surface area (Å²) in [5.41, 5.74) is 7.36. The molecule has 0 aliphatic heterocycles. The summed E-state index contributed by atoms with van der Waals surface area (Å²) in [7, 11) is 9.78. The van der Waals surface area contributed by atoms with E-state index in [4.69, 9.17) is 18.6 Å². The number of allylic oxidation sites excluding steroid dienone is 4. The Balaban J connectivity index is 0.000000196. The molecule has 4 rings (SSSR count).